The molecule has 6 aliphatic rings. The number of fused-ring (bicyclic) bond motifs is 5. The molecule has 42 nitrogen and oxygen atoms in total. The van der Waals surface area contributed by atoms with Crippen molar-refractivity contribution in [3.05, 3.63) is 195 Å². The Morgan fingerprint density at radius 1 is 0.380 bits per heavy atom. The molecule has 2 atom stereocenters. The summed E-state index contributed by atoms with van der Waals surface area (Å²) in [5, 5.41) is 73.2. The average Bonchev–Trinajstić information content (AvgIpc) is 1.53. The van der Waals surface area contributed by atoms with Crippen molar-refractivity contribution in [2.45, 2.75) is 105 Å². The van der Waals surface area contributed by atoms with E-state index >= 15 is 0 Å². The van der Waals surface area contributed by atoms with Crippen molar-refractivity contribution in [3.8, 4) is 86.1 Å². The van der Waals surface area contributed by atoms with Crippen molar-refractivity contribution >= 4 is 133 Å². The van der Waals surface area contributed by atoms with Crippen LogP contribution in [-0.4, -0.2) is 264 Å². The smallest absolute Gasteiger partial charge is 0.213 e. The highest BCUT2D eigenvalue weighted by Gasteiger charge is 2.57. The van der Waals surface area contributed by atoms with Gasteiger partial charge in [-0.15, -0.1) is 0 Å². The molecule has 137 heavy (non-hydrogen) atoms. The number of nitrogens with zero attached hydrogens (tertiary/aromatic N) is 29. The molecule has 2 unspecified atom stereocenters. The summed E-state index contributed by atoms with van der Waals surface area (Å²) in [6.45, 7) is 32.6. The Morgan fingerprint density at radius 3 is 1.00 bits per heavy atom. The molecule has 0 spiro atoms. The zero-order chi connectivity index (χ0) is 97.1. The summed E-state index contributed by atoms with van der Waals surface area (Å²) in [6.07, 6.45) is 39.0. The van der Waals surface area contributed by atoms with Gasteiger partial charge in [0.2, 0.25) is 47.1 Å². The maximum Gasteiger partial charge on any atom is 0.213 e. The fourth-order valence-electron chi connectivity index (χ4n) is 17.9. The molecule has 47 heteroatoms. The van der Waals surface area contributed by atoms with E-state index in [2.05, 4.69) is 137 Å². The molecule has 5 saturated heterocycles. The van der Waals surface area contributed by atoms with Crippen molar-refractivity contribution in [1.29, 1.82) is 26.3 Å². The summed E-state index contributed by atoms with van der Waals surface area (Å²) in [4.78, 5) is 51.7. The molecule has 5 N–H and O–H groups in total. The molecule has 15 aromatic rings. The number of H-pyrrole nitrogens is 5. The van der Waals surface area contributed by atoms with E-state index < -0.39 is 77.2 Å². The molecule has 6 fully saturated rings. The predicted octanol–water partition coefficient (Wildman–Crippen LogP) is 10.3. The molecule has 0 radical (unpaired) electrons. The third-order valence-corrected chi connectivity index (χ3v) is 36.1. The van der Waals surface area contributed by atoms with Crippen molar-refractivity contribution in [1.82, 2.24) is 125 Å². The minimum Gasteiger partial charge on any atom is -0.346 e. The van der Waals surface area contributed by atoms with Crippen LogP contribution in [-0.2, 0) is 77.2 Å². The summed E-state index contributed by atoms with van der Waals surface area (Å²) in [6, 6.07) is 22.4. The van der Waals surface area contributed by atoms with E-state index in [1.54, 1.807) is 135 Å². The van der Waals surface area contributed by atoms with E-state index in [1.807, 2.05) is 78.6 Å². The number of nitriles is 5. The fourth-order valence-corrected chi connectivity index (χ4v) is 24.9. The number of nitrogens with one attached hydrogen (secondary N) is 5. The van der Waals surface area contributed by atoms with E-state index in [0.717, 1.165) is 107 Å². The topological polar surface area (TPSA) is 530 Å². The van der Waals surface area contributed by atoms with Crippen LogP contribution in [0.2, 0.25) is 0 Å². The van der Waals surface area contributed by atoms with Gasteiger partial charge in [-0.3, -0.25) is 46.8 Å². The van der Waals surface area contributed by atoms with Crippen LogP contribution in [0.15, 0.2) is 160 Å². The lowest BCUT2D eigenvalue weighted by molar-refractivity contribution is 0.0719. The number of aromatic nitrogens is 21. The van der Waals surface area contributed by atoms with Gasteiger partial charge in [0, 0.05) is 254 Å². The van der Waals surface area contributed by atoms with Crippen LogP contribution < -0.4 is 0 Å². The van der Waals surface area contributed by atoms with E-state index in [0.29, 0.717) is 60.2 Å². The normalized spacial score (nSPS) is 18.1. The van der Waals surface area contributed by atoms with Gasteiger partial charge < -0.3 is 24.9 Å². The van der Waals surface area contributed by atoms with Gasteiger partial charge in [0.05, 0.1) is 136 Å². The van der Waals surface area contributed by atoms with E-state index in [9.17, 15) is 60.0 Å². The summed E-state index contributed by atoms with van der Waals surface area (Å²) >= 11 is 0. The number of pyridine rings is 4. The maximum atomic E-state index is 13.3. The first-order valence-electron chi connectivity index (χ1n) is 43.1. The van der Waals surface area contributed by atoms with E-state index in [1.165, 1.54) is 25.4 Å². The third kappa shape index (κ3) is 17.0. The van der Waals surface area contributed by atoms with Crippen LogP contribution in [0, 0.1) is 76.4 Å². The molecule has 698 valence electrons. The largest absolute Gasteiger partial charge is 0.346 e. The lowest BCUT2D eigenvalue weighted by Crippen LogP contribution is -2.65. The Bertz CT molecular complexity index is 8040. The molecule has 15 aromatic heterocycles. The summed E-state index contributed by atoms with van der Waals surface area (Å²) in [7, 11) is -14.5. The average molecular weight is 1940 g/mol. The highest BCUT2D eigenvalue weighted by Crippen LogP contribution is 2.50. The molecule has 20 heterocycles. The minimum atomic E-state index is -3.31. The monoisotopic (exact) mass is 1930 g/mol. The molecule has 0 aromatic carbocycles. The van der Waals surface area contributed by atoms with Crippen molar-refractivity contribution in [3.63, 3.8) is 0 Å². The number of hydrogen-bond acceptors (Lipinski definition) is 24. The quantitative estimate of drug-likeness (QED) is 0.0277. The molecular weight excluding hydrogens is 1850 g/mol. The molecule has 0 amide bonds. The van der Waals surface area contributed by atoms with Crippen LogP contribution >= 0.6 is 0 Å². The molecule has 0 bridgehead atoms. The maximum absolute atomic E-state index is 13.3. The molecule has 21 rings (SSSR count). The number of hydrogen-bond donors (Lipinski definition) is 5. The van der Waals surface area contributed by atoms with Crippen LogP contribution in [0.3, 0.4) is 0 Å². The van der Waals surface area contributed by atoms with Gasteiger partial charge in [0.1, 0.15) is 62.3 Å². The van der Waals surface area contributed by atoms with Gasteiger partial charge in [-0.05, 0) is 94.2 Å². The Labute approximate surface area is 788 Å². The minimum absolute atomic E-state index is 0.0246. The van der Waals surface area contributed by atoms with Crippen LogP contribution in [0.25, 0.3) is 125 Å². The summed E-state index contributed by atoms with van der Waals surface area (Å²) in [5.74, 6) is 7.89. The van der Waals surface area contributed by atoms with E-state index in [4.69, 9.17) is 19.7 Å². The first kappa shape index (κ1) is 93.8. The number of rotatable bonds is 24. The Hall–Kier alpha value is -15.0. The van der Waals surface area contributed by atoms with Crippen molar-refractivity contribution in [2.75, 3.05) is 89.0 Å². The highest BCUT2D eigenvalue weighted by atomic mass is 32.2. The third-order valence-electron chi connectivity index (χ3n) is 26.4. The van der Waals surface area contributed by atoms with Crippen molar-refractivity contribution in [2.24, 2.45) is 0 Å². The lowest BCUT2D eigenvalue weighted by Gasteiger charge is -2.51. The second-order valence-corrected chi connectivity index (χ2v) is 47.0. The van der Waals surface area contributed by atoms with Gasteiger partial charge in [-0.1, -0.05) is 0 Å². The van der Waals surface area contributed by atoms with Gasteiger partial charge >= 0.3 is 0 Å². The van der Waals surface area contributed by atoms with Gasteiger partial charge in [-0.25, -0.2) is 63.4 Å². The van der Waals surface area contributed by atoms with Gasteiger partial charge in [-0.2, -0.15) is 64.7 Å². The van der Waals surface area contributed by atoms with E-state index in [-0.39, 0.29) is 93.4 Å². The first-order chi connectivity index (χ1) is 65.6. The zero-order valence-electron chi connectivity index (χ0n) is 74.8. The lowest BCUT2D eigenvalue weighted by atomic mass is 9.89. The van der Waals surface area contributed by atoms with Gasteiger partial charge in [0.15, 0.2) is 0 Å². The molecular formula is C90H90N34O8S5. The molecule has 1 saturated carbocycles. The second-order valence-electron chi connectivity index (χ2n) is 35.0. The first-order valence-corrected chi connectivity index (χ1v) is 51.7. The molecule has 5 aliphatic heterocycles. The highest BCUT2D eigenvalue weighted by molar-refractivity contribution is 7.99. The SMILES string of the molecule is CCS(=O)(=O)N1CC(CC#N)(n2cc(-c3ccnc4[nH]ccc34)cn2)C1.CCS(=O)(=O)N1CC(CC#N)(n2cc(-c3ncnc4[nH]ccc34)cn2)C1.[C-]#[N+]c1cnc2[nH]ccc2c1-c1cnn(C2(CC#N)CN(S(=C)(=O)C3(C)CC3)C2)c1.[C-]#[N+]c1cnc2[nH]ccc2c1-c1cnn(C2(CC#N)CN(S(=C)(C)=O)C2)c1.[C-]#[N+]c1cnc2[nH]ccc2c1-c1cnn(C2(CC#N)CN(S(=O)(=O)CC)C2)c1. The van der Waals surface area contributed by atoms with Gasteiger partial charge in [0.25, 0.3) is 0 Å². The molecule has 1 aliphatic carbocycles. The van der Waals surface area contributed by atoms with Crippen LogP contribution in [0.1, 0.15) is 72.6 Å². The fraction of sp³-hybridized carbons (Fsp3) is 0.344. The number of sulfonamides is 3. The zero-order valence-corrected chi connectivity index (χ0v) is 78.9. The summed E-state index contributed by atoms with van der Waals surface area (Å²) in [5.41, 5.74) is 9.91. The Kier molecular flexibility index (Phi) is 24.7. The van der Waals surface area contributed by atoms with Crippen LogP contribution in [0.5, 0.6) is 0 Å². The summed E-state index contributed by atoms with van der Waals surface area (Å²) < 4.78 is 114. The Balaban J connectivity index is 0.000000119. The Morgan fingerprint density at radius 2 is 0.672 bits per heavy atom. The van der Waals surface area contributed by atoms with Crippen LogP contribution in [0.4, 0.5) is 17.1 Å². The second kappa shape index (κ2) is 36.0. The number of aromatic amines is 5. The van der Waals surface area contributed by atoms with Crippen molar-refractivity contribution < 1.29 is 33.7 Å². The standard InChI is InChI=1S/C21H21N7OS.C18H17N7O2S.C18H17N7OS.C17H18N6O2S.C16H17N7O2S/c1-20(5-6-20)30(3,29)27-13-21(14-27,7-8-22)28-12-15(10-26-28)18-16-4-9-24-19(16)25-11-17(18)23-2;1-3-28(26,27)24-11-18(12-24,5-6-19)25-10-13(8-23-25)16-14-4-7-21-17(14)22-9-15(16)20-2;1-20-15-9-22-17-14(4-7-21-17)16(15)13-8-23-25(10-13)18(5-6-19)11-24(12-18)27(2,3)26;1-2-26(24,25)22-11-17(12-22,5-6-18)23-10-13(9-21-23)14-3-7-19-16-15(14)4-8-20-16;1-2-26(24,25)22-9-16(10-22,4-5-17)23-8-12(7-21-23)14-13-3-6-18-15(13)20-11-19-14/h4,9-12H,3,5-7,13-14H2,1H3,(H,24,25);4,7-10H,3,5,11-12H2,1H3,(H,21,22);4,7-10H,2,5,11-12H2,3H3,(H,21,22);3-4,7-10H,2,5,11-12H2,1H3,(H,19,20);3,6-8,11H,2,4,9-10H2,1H3,(H,18,19,20). The predicted molar refractivity (Wildman–Crippen MR) is 515 cm³/mol.